The number of rotatable bonds is 47. The molecule has 0 aromatic heterocycles. The predicted molar refractivity (Wildman–Crippen MR) is 462 cm³/mol. The molecule has 5 fully saturated rings. The molecule has 12 rings (SSSR count). The average Bonchev–Trinajstić information content (AvgIpc) is 0.756. The molecule has 0 N–H and O–H groups in total. The monoisotopic (exact) mass is 1850 g/mol. The van der Waals surface area contributed by atoms with Crippen LogP contribution < -0.4 is 0 Å². The van der Waals surface area contributed by atoms with E-state index in [-0.39, 0.29) is 65.9 Å². The largest absolute Gasteiger partial charge is 0.467 e. The van der Waals surface area contributed by atoms with Gasteiger partial charge in [-0.15, -0.1) is 0 Å². The Balaban J connectivity index is 0.966. The van der Waals surface area contributed by atoms with Crippen molar-refractivity contribution in [1.29, 1.82) is 0 Å². The van der Waals surface area contributed by atoms with Crippen molar-refractivity contribution < 1.29 is 158 Å². The number of carbonyl (C=O) groups excluding carboxylic acids is 4. The van der Waals surface area contributed by atoms with E-state index < -0.39 is 222 Å². The Hall–Kier alpha value is -8.30. The lowest BCUT2D eigenvalue weighted by atomic mass is 9.93. The van der Waals surface area contributed by atoms with E-state index >= 15 is 4.79 Å². The fraction of sp³-hybridized carbons (Fsp3) is 0.532. The molecule has 5 aliphatic heterocycles. The van der Waals surface area contributed by atoms with E-state index in [1.165, 1.54) is 49.4 Å². The van der Waals surface area contributed by atoms with Gasteiger partial charge in [0.15, 0.2) is 55.9 Å². The Morgan fingerprint density at radius 1 is 0.308 bits per heavy atom. The summed E-state index contributed by atoms with van der Waals surface area (Å²) in [5.74, 6) is -5.19. The van der Waals surface area contributed by atoms with Gasteiger partial charge in [-0.05, 0) is 76.9 Å². The van der Waals surface area contributed by atoms with Gasteiger partial charge in [-0.2, -0.15) is 16.8 Å². The zero-order chi connectivity index (χ0) is 92.3. The highest BCUT2D eigenvalue weighted by Crippen LogP contribution is 2.43. The Kier molecular flexibility index (Phi) is 38.4. The molecule has 34 nitrogen and oxygen atoms in total. The second kappa shape index (κ2) is 49.6. The van der Waals surface area contributed by atoms with Crippen molar-refractivity contribution in [3.05, 3.63) is 228 Å². The van der Waals surface area contributed by atoms with E-state index in [1.807, 2.05) is 133 Å². The summed E-state index contributed by atoms with van der Waals surface area (Å²) < 4.78 is 226. The predicted octanol–water partition coefficient (Wildman–Crippen LogP) is 9.27. The summed E-state index contributed by atoms with van der Waals surface area (Å²) in [7, 11) is -0.630. The molecule has 5 heterocycles. The maximum atomic E-state index is 15.2. The number of methoxy groups -OCH3 is 6. The van der Waals surface area contributed by atoms with Crippen LogP contribution in [0.4, 0.5) is 0 Å². The van der Waals surface area contributed by atoms with Gasteiger partial charge < -0.3 is 114 Å². The maximum absolute atomic E-state index is 15.2. The molecule has 0 amide bonds. The number of esters is 4. The van der Waals surface area contributed by atoms with Gasteiger partial charge in [0.2, 0.25) is 0 Å². The molecule has 5 saturated heterocycles. The van der Waals surface area contributed by atoms with Gasteiger partial charge in [0.25, 0.3) is 20.2 Å². The molecule has 0 spiro atoms. The Morgan fingerprint density at radius 2 is 0.646 bits per heavy atom. The van der Waals surface area contributed by atoms with Crippen LogP contribution in [0.25, 0.3) is 10.8 Å². The molecular weight excluding hydrogens is 1740 g/mol. The maximum Gasteiger partial charge on any atom is 0.337 e. The van der Waals surface area contributed by atoms with Crippen LogP contribution in [0.3, 0.4) is 0 Å². The van der Waals surface area contributed by atoms with Crippen LogP contribution in [-0.2, 0) is 201 Å². The summed E-state index contributed by atoms with van der Waals surface area (Å²) in [6, 6.07) is 59.4. The third-order valence-electron chi connectivity index (χ3n) is 22.5. The highest BCUT2D eigenvalue weighted by molar-refractivity contribution is 7.86. The molecule has 710 valence electrons. The molecule has 0 saturated carbocycles. The van der Waals surface area contributed by atoms with Crippen molar-refractivity contribution in [1.82, 2.24) is 0 Å². The van der Waals surface area contributed by atoms with Crippen molar-refractivity contribution in [3.63, 3.8) is 0 Å². The molecule has 0 unspecified atom stereocenters. The van der Waals surface area contributed by atoms with Crippen LogP contribution >= 0.6 is 0 Å². The molecule has 130 heavy (non-hydrogen) atoms. The Labute approximate surface area is 757 Å². The number of hydrogen-bond acceptors (Lipinski definition) is 34. The molecule has 7 aromatic carbocycles. The quantitative estimate of drug-likeness (QED) is 0.0195. The zero-order valence-corrected chi connectivity index (χ0v) is 76.1. The molecule has 0 aliphatic carbocycles. The number of benzene rings is 7. The topological polar surface area (TPSA) is 377 Å². The van der Waals surface area contributed by atoms with Crippen molar-refractivity contribution in [2.45, 2.75) is 241 Å². The molecule has 36 heteroatoms. The smallest absolute Gasteiger partial charge is 0.337 e. The summed E-state index contributed by atoms with van der Waals surface area (Å²) in [5.41, 5.74) is 4.29. The first-order valence-electron chi connectivity index (χ1n) is 43.1. The zero-order valence-electron chi connectivity index (χ0n) is 74.5. The van der Waals surface area contributed by atoms with Crippen molar-refractivity contribution >= 4 is 54.9 Å². The van der Waals surface area contributed by atoms with Gasteiger partial charge in [-0.1, -0.05) is 188 Å². The van der Waals surface area contributed by atoms with Crippen molar-refractivity contribution in [3.8, 4) is 0 Å². The number of carbonyl (C=O) groups is 4. The van der Waals surface area contributed by atoms with Gasteiger partial charge >= 0.3 is 23.9 Å². The minimum atomic E-state index is -4.49. The molecule has 7 aromatic rings. The fourth-order valence-corrected chi connectivity index (χ4v) is 18.6. The SMILES string of the molecule is CCOS(=O)(=O)CC[C@H]1O[C@H](O[C@H]2[C@H](OC(C)=O)[C@@H](OC(C)=O)[C@H](O[C@H]3[C@H](OCc4ccccc4)[C@@H](OCc4ccccc4)[C@@H](O[C@H]4[C@H](OC)[C@@H](OC(C)=O)[C@H](O[C@H]5[C@H](OCc6ccccc6)[C@@H](OCc6ccccc6)[C@@H](OC)O[C@@H]5COCc5ccccc5)O[C@H]4C(=O)OC)O[C@@H]3CCS(=O)(=O)OCC)O[C@@H]2COCc2ccc3ccccc3c2)[C@H](OC)[C@@H](OC)[C@@H]1OC. The fourth-order valence-electron chi connectivity index (χ4n) is 16.6. The van der Waals surface area contributed by atoms with Crippen LogP contribution in [0.2, 0.25) is 0 Å². The van der Waals surface area contributed by atoms with Gasteiger partial charge in [0.1, 0.15) is 85.5 Å². The first-order chi connectivity index (χ1) is 62.9. The summed E-state index contributed by atoms with van der Waals surface area (Å²) in [5, 5.41) is 1.85. The Morgan fingerprint density at radius 3 is 1.08 bits per heavy atom. The van der Waals surface area contributed by atoms with E-state index in [9.17, 15) is 31.2 Å². The van der Waals surface area contributed by atoms with Crippen LogP contribution in [0.1, 0.15) is 80.8 Å². The Bertz CT molecular complexity index is 4840. The lowest BCUT2D eigenvalue weighted by Crippen LogP contribution is -2.69. The molecule has 25 atom stereocenters. The minimum Gasteiger partial charge on any atom is -0.467 e. The third-order valence-corrected chi connectivity index (χ3v) is 25.1. The summed E-state index contributed by atoms with van der Waals surface area (Å²) >= 11 is 0. The molecule has 0 bridgehead atoms. The van der Waals surface area contributed by atoms with Gasteiger partial charge in [-0.3, -0.25) is 22.7 Å². The lowest BCUT2D eigenvalue weighted by molar-refractivity contribution is -0.397. The van der Waals surface area contributed by atoms with Crippen molar-refractivity contribution in [2.24, 2.45) is 0 Å². The van der Waals surface area contributed by atoms with Crippen LogP contribution in [0, 0.1) is 0 Å². The average molecular weight is 1860 g/mol. The molecular formula is C94H118O34S2. The number of fused-ring (bicyclic) bond motifs is 1. The van der Waals surface area contributed by atoms with Gasteiger partial charge in [0.05, 0.1) is 96.9 Å². The number of hydrogen-bond donors (Lipinski definition) is 0. The van der Waals surface area contributed by atoms with E-state index in [1.54, 1.807) is 60.7 Å². The standard InChI is InChI=1S/C94H118O34S2/c1-12-115-129(99,100)47-45-69-73(103-6)77(104-7)84(106-9)91(120-69)126-76-72(57-110-51-66-43-44-67-41-29-30-42-68(67)49-66)123-93(88(119-60(5)97)81(76)117-58(3)95)124-74-70(46-48-130(101,102)116-13-2)121-92(86(114-55-65-39-27-18-28-40-65)79(74)111-52-62-33-21-15-22-34-62)127-82-78(105-8)87(118-59(4)96)94(128-83(82)89(98)107-10)125-75-71(56-109-50-61-31-19-14-20-32-61)122-90(108-11)85(113-54-64-37-25-17-26-38-64)80(75)112-53-63-35-23-16-24-36-63/h14-44,49,69-88,90-94H,12-13,45-48,50-57H2,1-11H3/t69-,70-,71-,72-,73-,74-,75-,76-,77+,78+,79+,80+,81+,82+,83-,84-,85-,86-,87-,88-,90+,91-,92-,93+,94-/m1/s1. The lowest BCUT2D eigenvalue weighted by Gasteiger charge is -2.52. The summed E-state index contributed by atoms with van der Waals surface area (Å²) in [6.45, 7) is 4.88. The third kappa shape index (κ3) is 27.5. The number of ether oxygens (including phenoxy) is 24. The van der Waals surface area contributed by atoms with Crippen LogP contribution in [-0.4, -0.2) is 275 Å². The molecule has 0 radical (unpaired) electrons. The van der Waals surface area contributed by atoms with E-state index in [4.69, 9.17) is 122 Å². The van der Waals surface area contributed by atoms with Crippen molar-refractivity contribution in [2.75, 3.05) is 80.6 Å². The summed E-state index contributed by atoms with van der Waals surface area (Å²) in [4.78, 5) is 57.5. The highest BCUT2D eigenvalue weighted by atomic mass is 32.2. The van der Waals surface area contributed by atoms with E-state index in [0.717, 1.165) is 60.9 Å². The van der Waals surface area contributed by atoms with Gasteiger partial charge in [0, 0.05) is 56.3 Å². The molecule has 5 aliphatic rings. The van der Waals surface area contributed by atoms with E-state index in [2.05, 4.69) is 0 Å². The second-order valence-electron chi connectivity index (χ2n) is 31.4. The second-order valence-corrected chi connectivity index (χ2v) is 35.0. The van der Waals surface area contributed by atoms with E-state index in [0.29, 0.717) is 11.1 Å². The summed E-state index contributed by atoms with van der Waals surface area (Å²) in [6.07, 6.45) is -38.8. The van der Waals surface area contributed by atoms with Crippen LogP contribution in [0.5, 0.6) is 0 Å². The normalized spacial score (nSPS) is 29.5. The first-order valence-corrected chi connectivity index (χ1v) is 46.3. The minimum absolute atomic E-state index is 0.0113. The highest BCUT2D eigenvalue weighted by Gasteiger charge is 2.62. The van der Waals surface area contributed by atoms with Gasteiger partial charge in [-0.25, -0.2) is 4.79 Å². The first kappa shape index (κ1) is 101. The van der Waals surface area contributed by atoms with Crippen LogP contribution in [0.15, 0.2) is 194 Å².